The summed E-state index contributed by atoms with van der Waals surface area (Å²) < 4.78 is 0. The zero-order chi connectivity index (χ0) is 14.5. The summed E-state index contributed by atoms with van der Waals surface area (Å²) in [6, 6.07) is 5.90. The molecule has 2 N–H and O–H groups in total. The molecule has 0 saturated heterocycles. The Labute approximate surface area is 124 Å². The van der Waals surface area contributed by atoms with Crippen molar-refractivity contribution >= 4 is 29.1 Å². The number of halogens is 1. The Morgan fingerprint density at radius 2 is 2.05 bits per heavy atom. The Morgan fingerprint density at radius 3 is 2.75 bits per heavy atom. The van der Waals surface area contributed by atoms with E-state index < -0.39 is 0 Å². The van der Waals surface area contributed by atoms with Gasteiger partial charge in [-0.15, -0.1) is 0 Å². The van der Waals surface area contributed by atoms with E-state index in [1.54, 1.807) is 6.20 Å². The molecule has 0 aliphatic heterocycles. The van der Waals surface area contributed by atoms with Gasteiger partial charge < -0.3 is 10.6 Å². The van der Waals surface area contributed by atoms with E-state index in [9.17, 15) is 0 Å². The molecule has 0 spiro atoms. The summed E-state index contributed by atoms with van der Waals surface area (Å²) in [5, 5.41) is 7.12. The molecular weight excluding hydrogens is 272 g/mol. The minimum Gasteiger partial charge on any atom is -0.354 e. The highest BCUT2D eigenvalue weighted by Gasteiger charge is 2.06. The van der Waals surface area contributed by atoms with Crippen LogP contribution in [0.4, 0.5) is 17.5 Å². The first-order chi connectivity index (χ1) is 9.60. The van der Waals surface area contributed by atoms with Gasteiger partial charge in [-0.05, 0) is 38.0 Å². The summed E-state index contributed by atoms with van der Waals surface area (Å²) in [5.74, 6) is 1.40. The summed E-state index contributed by atoms with van der Waals surface area (Å²) in [6.45, 7) is 6.94. The Bertz CT molecular complexity index is 598. The third-order valence-corrected chi connectivity index (χ3v) is 3.20. The number of benzene rings is 1. The second-order valence-corrected chi connectivity index (χ2v) is 5.17. The molecule has 0 aliphatic rings. The van der Waals surface area contributed by atoms with Gasteiger partial charge in [-0.3, -0.25) is 0 Å². The lowest BCUT2D eigenvalue weighted by atomic mass is 10.2. The topological polar surface area (TPSA) is 49.8 Å². The molecule has 5 heteroatoms. The number of nitrogens with zero attached hydrogens (tertiary/aromatic N) is 2. The van der Waals surface area contributed by atoms with Gasteiger partial charge in [0.25, 0.3) is 0 Å². The van der Waals surface area contributed by atoms with Crippen molar-refractivity contribution < 1.29 is 0 Å². The summed E-state index contributed by atoms with van der Waals surface area (Å²) in [7, 11) is 0. The predicted molar refractivity (Wildman–Crippen MR) is 85.0 cm³/mol. The Kier molecular flexibility index (Phi) is 4.79. The van der Waals surface area contributed by atoms with Gasteiger partial charge in [-0.1, -0.05) is 24.6 Å². The van der Waals surface area contributed by atoms with Crippen molar-refractivity contribution in [2.45, 2.75) is 27.2 Å². The lowest BCUT2D eigenvalue weighted by Crippen LogP contribution is -2.07. The number of hydrogen-bond donors (Lipinski definition) is 2. The van der Waals surface area contributed by atoms with E-state index in [0.717, 1.165) is 35.6 Å². The van der Waals surface area contributed by atoms with Crippen LogP contribution in [0.25, 0.3) is 0 Å². The molecule has 106 valence electrons. The standard InChI is InChI=1S/C15H19ClN4/c1-4-7-17-15-18-9-11(3)14(20-15)19-13-6-5-10(2)8-12(13)16/h5-6,8-9H,4,7H2,1-3H3,(H2,17,18,19,20). The van der Waals surface area contributed by atoms with E-state index >= 15 is 0 Å². The molecule has 1 aromatic carbocycles. The molecule has 0 radical (unpaired) electrons. The fourth-order valence-electron chi connectivity index (χ4n) is 1.74. The Balaban J connectivity index is 2.23. The molecule has 2 rings (SSSR count). The van der Waals surface area contributed by atoms with Gasteiger partial charge in [0, 0.05) is 18.3 Å². The maximum atomic E-state index is 6.23. The van der Waals surface area contributed by atoms with Crippen LogP contribution in [0.5, 0.6) is 0 Å². The maximum absolute atomic E-state index is 6.23. The maximum Gasteiger partial charge on any atom is 0.224 e. The summed E-state index contributed by atoms with van der Waals surface area (Å²) >= 11 is 6.23. The molecule has 0 saturated carbocycles. The minimum atomic E-state index is 0.628. The van der Waals surface area contributed by atoms with Gasteiger partial charge in [0.1, 0.15) is 5.82 Å². The van der Waals surface area contributed by atoms with Gasteiger partial charge in [-0.25, -0.2) is 4.98 Å². The number of rotatable bonds is 5. The van der Waals surface area contributed by atoms with Crippen molar-refractivity contribution in [2.24, 2.45) is 0 Å². The molecule has 2 aromatic rings. The smallest absolute Gasteiger partial charge is 0.224 e. The van der Waals surface area contributed by atoms with E-state index in [4.69, 9.17) is 11.6 Å². The lowest BCUT2D eigenvalue weighted by Gasteiger charge is -2.12. The van der Waals surface area contributed by atoms with Crippen LogP contribution < -0.4 is 10.6 Å². The monoisotopic (exact) mass is 290 g/mol. The van der Waals surface area contributed by atoms with E-state index in [1.165, 1.54) is 0 Å². The largest absolute Gasteiger partial charge is 0.354 e. The molecule has 1 aromatic heterocycles. The number of aromatic nitrogens is 2. The summed E-state index contributed by atoms with van der Waals surface area (Å²) in [4.78, 5) is 8.74. The zero-order valence-corrected chi connectivity index (χ0v) is 12.8. The van der Waals surface area contributed by atoms with E-state index in [0.29, 0.717) is 11.0 Å². The van der Waals surface area contributed by atoms with Gasteiger partial charge in [0.15, 0.2) is 0 Å². The molecule has 1 heterocycles. The van der Waals surface area contributed by atoms with Crippen LogP contribution >= 0.6 is 11.6 Å². The first-order valence-corrected chi connectivity index (χ1v) is 7.08. The SMILES string of the molecule is CCCNc1ncc(C)c(Nc2ccc(C)cc2Cl)n1. The van der Waals surface area contributed by atoms with Crippen LogP contribution in [0, 0.1) is 13.8 Å². The van der Waals surface area contributed by atoms with Gasteiger partial charge >= 0.3 is 0 Å². The predicted octanol–water partition coefficient (Wildman–Crippen LogP) is 4.31. The van der Waals surface area contributed by atoms with E-state index in [1.807, 2.05) is 32.0 Å². The highest BCUT2D eigenvalue weighted by atomic mass is 35.5. The molecule has 0 bridgehead atoms. The van der Waals surface area contributed by atoms with E-state index in [-0.39, 0.29) is 0 Å². The number of nitrogens with one attached hydrogen (secondary N) is 2. The van der Waals surface area contributed by atoms with Crippen molar-refractivity contribution in [1.29, 1.82) is 0 Å². The van der Waals surface area contributed by atoms with Gasteiger partial charge in [-0.2, -0.15) is 4.98 Å². The molecule has 4 nitrogen and oxygen atoms in total. The third kappa shape index (κ3) is 3.61. The highest BCUT2D eigenvalue weighted by molar-refractivity contribution is 6.33. The molecule has 0 unspecified atom stereocenters. The number of anilines is 3. The molecule has 0 aliphatic carbocycles. The van der Waals surface area contributed by atoms with Crippen LogP contribution in [0.2, 0.25) is 5.02 Å². The Morgan fingerprint density at radius 1 is 1.25 bits per heavy atom. The van der Waals surface area contributed by atoms with Crippen molar-refractivity contribution in [3.8, 4) is 0 Å². The fourth-order valence-corrected chi connectivity index (χ4v) is 2.02. The third-order valence-electron chi connectivity index (χ3n) is 2.88. The van der Waals surface area contributed by atoms with Crippen molar-refractivity contribution in [3.63, 3.8) is 0 Å². The lowest BCUT2D eigenvalue weighted by molar-refractivity contribution is 0.950. The van der Waals surface area contributed by atoms with E-state index in [2.05, 4.69) is 27.5 Å². The minimum absolute atomic E-state index is 0.628. The van der Waals surface area contributed by atoms with Crippen LogP contribution in [0.3, 0.4) is 0 Å². The van der Waals surface area contributed by atoms with Crippen molar-refractivity contribution in [2.75, 3.05) is 17.2 Å². The molecule has 20 heavy (non-hydrogen) atoms. The second kappa shape index (κ2) is 6.57. The molecule has 0 amide bonds. The zero-order valence-electron chi connectivity index (χ0n) is 12.0. The van der Waals surface area contributed by atoms with Crippen LogP contribution in [-0.4, -0.2) is 16.5 Å². The normalized spacial score (nSPS) is 10.4. The molecule has 0 fully saturated rings. The average molecular weight is 291 g/mol. The van der Waals surface area contributed by atoms with Gasteiger partial charge in [0.05, 0.1) is 10.7 Å². The first kappa shape index (κ1) is 14.6. The fraction of sp³-hybridized carbons (Fsp3) is 0.333. The Hall–Kier alpha value is -1.81. The van der Waals surface area contributed by atoms with Gasteiger partial charge in [0.2, 0.25) is 5.95 Å². The van der Waals surface area contributed by atoms with Crippen molar-refractivity contribution in [1.82, 2.24) is 9.97 Å². The van der Waals surface area contributed by atoms with Crippen LogP contribution in [0.1, 0.15) is 24.5 Å². The highest BCUT2D eigenvalue weighted by Crippen LogP contribution is 2.27. The summed E-state index contributed by atoms with van der Waals surface area (Å²) in [5.41, 5.74) is 2.95. The number of aryl methyl sites for hydroxylation is 2. The van der Waals surface area contributed by atoms with Crippen molar-refractivity contribution in [3.05, 3.63) is 40.5 Å². The summed E-state index contributed by atoms with van der Waals surface area (Å²) in [6.07, 6.45) is 2.83. The number of hydrogen-bond acceptors (Lipinski definition) is 4. The first-order valence-electron chi connectivity index (χ1n) is 6.71. The average Bonchev–Trinajstić information content (AvgIpc) is 2.42. The molecular formula is C15H19ClN4. The molecule has 0 atom stereocenters. The second-order valence-electron chi connectivity index (χ2n) is 4.76. The van der Waals surface area contributed by atoms with Crippen LogP contribution in [-0.2, 0) is 0 Å². The quantitative estimate of drug-likeness (QED) is 0.861. The van der Waals surface area contributed by atoms with Crippen LogP contribution in [0.15, 0.2) is 24.4 Å².